The molecule has 0 saturated carbocycles. The van der Waals surface area contributed by atoms with Crippen molar-refractivity contribution in [3.05, 3.63) is 11.6 Å². The first kappa shape index (κ1) is 13.7. The van der Waals surface area contributed by atoms with Crippen LogP contribution in [0.15, 0.2) is 11.6 Å². The largest absolute Gasteiger partial charge is 0.353 e. The van der Waals surface area contributed by atoms with E-state index in [0.717, 1.165) is 32.5 Å². The molecule has 0 atom stereocenters. The predicted octanol–water partition coefficient (Wildman–Crippen LogP) is 3.52. The van der Waals surface area contributed by atoms with Gasteiger partial charge in [-0.15, -0.1) is 0 Å². The molecular weight excluding hydrogens is 176 g/mol. The van der Waals surface area contributed by atoms with Crippen molar-refractivity contribution >= 4 is 0 Å². The summed E-state index contributed by atoms with van der Waals surface area (Å²) in [6.07, 6.45) is 5.51. The van der Waals surface area contributed by atoms with Crippen LogP contribution in [-0.4, -0.2) is 19.5 Å². The Kier molecular flexibility index (Phi) is 9.00. The van der Waals surface area contributed by atoms with Crippen molar-refractivity contribution < 1.29 is 9.47 Å². The van der Waals surface area contributed by atoms with E-state index in [1.54, 1.807) is 0 Å². The van der Waals surface area contributed by atoms with Crippen LogP contribution in [0.1, 0.15) is 47.0 Å². The van der Waals surface area contributed by atoms with Crippen molar-refractivity contribution in [1.29, 1.82) is 0 Å². The van der Waals surface area contributed by atoms with E-state index in [4.69, 9.17) is 9.47 Å². The maximum Gasteiger partial charge on any atom is 0.157 e. The quantitative estimate of drug-likeness (QED) is 0.339. The highest BCUT2D eigenvalue weighted by molar-refractivity contribution is 4.92. The molecule has 0 unspecified atom stereocenters. The van der Waals surface area contributed by atoms with E-state index >= 15 is 0 Å². The Morgan fingerprint density at radius 3 is 2.14 bits per heavy atom. The van der Waals surface area contributed by atoms with Gasteiger partial charge in [-0.25, -0.2) is 0 Å². The van der Waals surface area contributed by atoms with Gasteiger partial charge in [0.05, 0.1) is 0 Å². The summed E-state index contributed by atoms with van der Waals surface area (Å²) in [7, 11) is 0. The molecule has 0 aromatic carbocycles. The van der Waals surface area contributed by atoms with Gasteiger partial charge in [0.1, 0.15) is 0 Å². The summed E-state index contributed by atoms with van der Waals surface area (Å²) in [4.78, 5) is 0. The van der Waals surface area contributed by atoms with Crippen molar-refractivity contribution in [2.45, 2.75) is 53.2 Å². The van der Waals surface area contributed by atoms with Gasteiger partial charge in [-0.2, -0.15) is 0 Å². The third kappa shape index (κ3) is 8.27. The van der Waals surface area contributed by atoms with Crippen LogP contribution in [0, 0.1) is 0 Å². The molecule has 0 amide bonds. The highest BCUT2D eigenvalue weighted by atomic mass is 16.7. The molecule has 0 aliphatic carbocycles. The van der Waals surface area contributed by atoms with Crippen LogP contribution in [0.5, 0.6) is 0 Å². The number of hydrogen-bond donors (Lipinski definition) is 0. The van der Waals surface area contributed by atoms with Crippen molar-refractivity contribution in [1.82, 2.24) is 0 Å². The maximum atomic E-state index is 5.45. The van der Waals surface area contributed by atoms with Crippen LogP contribution >= 0.6 is 0 Å². The lowest BCUT2D eigenvalue weighted by Gasteiger charge is -2.16. The zero-order valence-corrected chi connectivity index (χ0v) is 10.0. The minimum absolute atomic E-state index is 0.00411. The second-order valence-corrected chi connectivity index (χ2v) is 3.55. The Balaban J connectivity index is 3.54. The molecule has 0 fully saturated rings. The molecule has 0 radical (unpaired) electrons. The van der Waals surface area contributed by atoms with Gasteiger partial charge in [0.25, 0.3) is 0 Å². The fourth-order valence-corrected chi connectivity index (χ4v) is 1.26. The molecular formula is C12H24O2. The van der Waals surface area contributed by atoms with Crippen molar-refractivity contribution in [2.75, 3.05) is 13.2 Å². The third-order valence-electron chi connectivity index (χ3n) is 1.90. The molecule has 2 heteroatoms. The lowest BCUT2D eigenvalue weighted by Crippen LogP contribution is -2.16. The molecule has 0 N–H and O–H groups in total. The molecule has 0 spiro atoms. The second-order valence-electron chi connectivity index (χ2n) is 3.55. The molecule has 0 bridgehead atoms. The van der Waals surface area contributed by atoms with E-state index in [2.05, 4.69) is 19.9 Å². The van der Waals surface area contributed by atoms with Gasteiger partial charge in [0, 0.05) is 13.2 Å². The molecule has 0 rings (SSSR count). The van der Waals surface area contributed by atoms with Gasteiger partial charge < -0.3 is 9.47 Å². The summed E-state index contributed by atoms with van der Waals surface area (Å²) in [6, 6.07) is 0. The standard InChI is InChI=1S/C12H24O2/c1-5-13-12(14-6-2)10-8-7-9-11(3)4/h9,12H,5-8,10H2,1-4H3. The van der Waals surface area contributed by atoms with Crippen LogP contribution < -0.4 is 0 Å². The van der Waals surface area contributed by atoms with Crippen LogP contribution in [0.25, 0.3) is 0 Å². The lowest BCUT2D eigenvalue weighted by atomic mass is 10.2. The number of unbranched alkanes of at least 4 members (excludes halogenated alkanes) is 1. The Labute approximate surface area is 88.3 Å². The highest BCUT2D eigenvalue weighted by Crippen LogP contribution is 2.08. The summed E-state index contributed by atoms with van der Waals surface area (Å²) >= 11 is 0. The minimum Gasteiger partial charge on any atom is -0.353 e. The third-order valence-corrected chi connectivity index (χ3v) is 1.90. The van der Waals surface area contributed by atoms with E-state index in [0.29, 0.717) is 0 Å². The van der Waals surface area contributed by atoms with Gasteiger partial charge in [-0.05, 0) is 47.0 Å². The summed E-state index contributed by atoms with van der Waals surface area (Å²) in [6.45, 7) is 9.72. The Morgan fingerprint density at radius 2 is 1.71 bits per heavy atom. The van der Waals surface area contributed by atoms with Crippen LogP contribution in [0.4, 0.5) is 0 Å². The van der Waals surface area contributed by atoms with Crippen LogP contribution in [-0.2, 0) is 9.47 Å². The van der Waals surface area contributed by atoms with E-state index in [1.807, 2.05) is 13.8 Å². The van der Waals surface area contributed by atoms with Gasteiger partial charge in [-0.3, -0.25) is 0 Å². The molecule has 2 nitrogen and oxygen atoms in total. The van der Waals surface area contributed by atoms with Gasteiger partial charge in [0.15, 0.2) is 6.29 Å². The summed E-state index contributed by atoms with van der Waals surface area (Å²) in [5.41, 5.74) is 1.38. The van der Waals surface area contributed by atoms with Crippen molar-refractivity contribution in [3.8, 4) is 0 Å². The zero-order valence-electron chi connectivity index (χ0n) is 10.0. The van der Waals surface area contributed by atoms with E-state index in [1.165, 1.54) is 5.57 Å². The smallest absolute Gasteiger partial charge is 0.157 e. The zero-order chi connectivity index (χ0) is 10.8. The SMILES string of the molecule is CCOC(CCCC=C(C)C)OCC. The molecule has 84 valence electrons. The monoisotopic (exact) mass is 200 g/mol. The number of allylic oxidation sites excluding steroid dienone is 2. The first-order valence-electron chi connectivity index (χ1n) is 5.57. The molecule has 0 saturated heterocycles. The molecule has 0 heterocycles. The first-order valence-corrected chi connectivity index (χ1v) is 5.57. The Bertz CT molecular complexity index is 142. The van der Waals surface area contributed by atoms with Gasteiger partial charge in [-0.1, -0.05) is 11.6 Å². The molecule has 0 aliphatic rings. The average molecular weight is 200 g/mol. The molecule has 0 aromatic heterocycles. The van der Waals surface area contributed by atoms with Crippen molar-refractivity contribution in [3.63, 3.8) is 0 Å². The van der Waals surface area contributed by atoms with Crippen LogP contribution in [0.2, 0.25) is 0 Å². The van der Waals surface area contributed by atoms with Crippen LogP contribution in [0.3, 0.4) is 0 Å². The van der Waals surface area contributed by atoms with Crippen molar-refractivity contribution in [2.24, 2.45) is 0 Å². The minimum atomic E-state index is -0.00411. The number of rotatable bonds is 8. The molecule has 0 aliphatic heterocycles. The van der Waals surface area contributed by atoms with Gasteiger partial charge in [0.2, 0.25) is 0 Å². The number of hydrogen-bond acceptors (Lipinski definition) is 2. The maximum absolute atomic E-state index is 5.45. The Hall–Kier alpha value is -0.340. The fourth-order valence-electron chi connectivity index (χ4n) is 1.26. The van der Waals surface area contributed by atoms with E-state index < -0.39 is 0 Å². The van der Waals surface area contributed by atoms with Gasteiger partial charge >= 0.3 is 0 Å². The van der Waals surface area contributed by atoms with E-state index in [-0.39, 0.29) is 6.29 Å². The fraction of sp³-hybridized carbons (Fsp3) is 0.833. The number of ether oxygens (including phenoxy) is 2. The Morgan fingerprint density at radius 1 is 1.14 bits per heavy atom. The highest BCUT2D eigenvalue weighted by Gasteiger charge is 2.05. The normalized spacial score (nSPS) is 10.6. The molecule has 0 aromatic rings. The summed E-state index contributed by atoms with van der Waals surface area (Å²) in [5.74, 6) is 0. The topological polar surface area (TPSA) is 18.5 Å². The second kappa shape index (κ2) is 9.22. The average Bonchev–Trinajstić information content (AvgIpc) is 2.12. The van der Waals surface area contributed by atoms with E-state index in [9.17, 15) is 0 Å². The molecule has 14 heavy (non-hydrogen) atoms. The summed E-state index contributed by atoms with van der Waals surface area (Å²) in [5, 5.41) is 0. The predicted molar refractivity (Wildman–Crippen MR) is 60.3 cm³/mol. The lowest BCUT2D eigenvalue weighted by molar-refractivity contribution is -0.139. The first-order chi connectivity index (χ1) is 6.70. The summed E-state index contributed by atoms with van der Waals surface area (Å²) < 4.78 is 10.9.